The number of Topliss-reactive ketones (excluding diaryl/α,β-unsaturated/α-hetero) is 1. The van der Waals surface area contributed by atoms with Gasteiger partial charge in [-0.15, -0.1) is 0 Å². The Balaban J connectivity index is 1.72. The van der Waals surface area contributed by atoms with Gasteiger partial charge in [0.05, 0.1) is 25.5 Å². The number of esters is 1. The second-order valence-electron chi connectivity index (χ2n) is 7.71. The van der Waals surface area contributed by atoms with Crippen molar-refractivity contribution in [3.05, 3.63) is 39.7 Å². The number of hydrogen-bond acceptors (Lipinski definition) is 7. The Morgan fingerprint density at radius 3 is 2.73 bits per heavy atom. The first-order valence-electron chi connectivity index (χ1n) is 9.87. The smallest absolute Gasteiger partial charge is 0.339 e. The van der Waals surface area contributed by atoms with Gasteiger partial charge in [0.2, 0.25) is 12.5 Å². The van der Waals surface area contributed by atoms with E-state index in [0.29, 0.717) is 39.8 Å². The van der Waals surface area contributed by atoms with Crippen LogP contribution in [0.25, 0.3) is 0 Å². The standard InChI is InChI=1S/C22H26N2O6/c1-11-17(22(26)28-5)12(2)23-19(11)15(25)9-14-18-13(6-7-24(14)3)8-16-20(21(18)27-4)30-10-29-16/h8,14,23H,6-7,9-10H2,1-5H3/t14-/m1/s1. The maximum atomic E-state index is 13.3. The summed E-state index contributed by atoms with van der Waals surface area (Å²) in [6.07, 6.45) is 1.07. The van der Waals surface area contributed by atoms with Gasteiger partial charge in [0, 0.05) is 30.3 Å². The minimum Gasteiger partial charge on any atom is -0.492 e. The molecule has 0 bridgehead atoms. The number of likely N-dealkylation sites (N-methyl/N-ethyl adjacent to an activating group) is 1. The van der Waals surface area contributed by atoms with E-state index in [4.69, 9.17) is 18.9 Å². The maximum Gasteiger partial charge on any atom is 0.339 e. The number of carbonyl (C=O) groups is 2. The predicted molar refractivity (Wildman–Crippen MR) is 109 cm³/mol. The van der Waals surface area contributed by atoms with Gasteiger partial charge in [0.15, 0.2) is 17.3 Å². The quantitative estimate of drug-likeness (QED) is 0.594. The van der Waals surface area contributed by atoms with Crippen LogP contribution < -0.4 is 14.2 Å². The van der Waals surface area contributed by atoms with Crippen LogP contribution in [-0.4, -0.2) is 56.2 Å². The van der Waals surface area contributed by atoms with E-state index in [1.807, 2.05) is 13.1 Å². The van der Waals surface area contributed by atoms with Gasteiger partial charge in [-0.1, -0.05) is 0 Å². The van der Waals surface area contributed by atoms with Gasteiger partial charge >= 0.3 is 5.97 Å². The number of ketones is 1. The van der Waals surface area contributed by atoms with E-state index in [1.54, 1.807) is 21.0 Å². The summed E-state index contributed by atoms with van der Waals surface area (Å²) in [5, 5.41) is 0. The van der Waals surface area contributed by atoms with Crippen LogP contribution in [0.4, 0.5) is 0 Å². The SMILES string of the molecule is COC(=O)c1c(C)[nH]c(C(=O)C[C@@H]2c3c(cc4c(c3OC)OCO4)CCN2C)c1C. The monoisotopic (exact) mass is 414 g/mol. The largest absolute Gasteiger partial charge is 0.492 e. The van der Waals surface area contributed by atoms with Crippen LogP contribution in [0.5, 0.6) is 17.2 Å². The number of benzene rings is 1. The van der Waals surface area contributed by atoms with E-state index in [0.717, 1.165) is 24.1 Å². The molecule has 1 aromatic heterocycles. The lowest BCUT2D eigenvalue weighted by Crippen LogP contribution is -2.34. The Hall–Kier alpha value is -3.00. The number of fused-ring (bicyclic) bond motifs is 2. The fraction of sp³-hybridized carbons (Fsp3) is 0.455. The highest BCUT2D eigenvalue weighted by atomic mass is 16.7. The number of nitrogens with one attached hydrogen (secondary N) is 1. The molecule has 1 aromatic carbocycles. The molecular formula is C22H26N2O6. The van der Waals surface area contributed by atoms with Crippen molar-refractivity contribution >= 4 is 11.8 Å². The van der Waals surface area contributed by atoms with Crippen molar-refractivity contribution in [3.8, 4) is 17.2 Å². The molecule has 1 N–H and O–H groups in total. The normalized spacial score (nSPS) is 17.6. The molecule has 0 fully saturated rings. The molecule has 8 heteroatoms. The zero-order chi connectivity index (χ0) is 21.6. The van der Waals surface area contributed by atoms with Gasteiger partial charge in [-0.25, -0.2) is 4.79 Å². The van der Waals surface area contributed by atoms with Crippen LogP contribution in [0.2, 0.25) is 0 Å². The second kappa shape index (κ2) is 7.68. The van der Waals surface area contributed by atoms with E-state index in [2.05, 4.69) is 9.88 Å². The Morgan fingerprint density at radius 1 is 1.27 bits per heavy atom. The Bertz CT molecular complexity index is 1030. The number of aromatic nitrogens is 1. The number of rotatable bonds is 5. The van der Waals surface area contributed by atoms with Crippen molar-refractivity contribution in [3.63, 3.8) is 0 Å². The summed E-state index contributed by atoms with van der Waals surface area (Å²) in [6.45, 7) is 4.50. The van der Waals surface area contributed by atoms with Crippen molar-refractivity contribution < 1.29 is 28.5 Å². The van der Waals surface area contributed by atoms with Crippen LogP contribution in [0.1, 0.15) is 55.7 Å². The summed E-state index contributed by atoms with van der Waals surface area (Å²) < 4.78 is 21.7. The summed E-state index contributed by atoms with van der Waals surface area (Å²) in [5.41, 5.74) is 4.15. The average Bonchev–Trinajstić information content (AvgIpc) is 3.31. The highest BCUT2D eigenvalue weighted by Gasteiger charge is 2.36. The lowest BCUT2D eigenvalue weighted by atomic mass is 9.87. The molecule has 160 valence electrons. The van der Waals surface area contributed by atoms with Crippen LogP contribution in [0, 0.1) is 13.8 Å². The molecule has 3 heterocycles. The molecule has 1 atom stereocenters. The van der Waals surface area contributed by atoms with Crippen LogP contribution in [0.3, 0.4) is 0 Å². The lowest BCUT2D eigenvalue weighted by molar-refractivity contribution is 0.0599. The van der Waals surface area contributed by atoms with Crippen molar-refractivity contribution in [1.29, 1.82) is 0 Å². The Morgan fingerprint density at radius 2 is 2.03 bits per heavy atom. The first-order valence-corrected chi connectivity index (χ1v) is 9.87. The van der Waals surface area contributed by atoms with E-state index < -0.39 is 5.97 Å². The predicted octanol–water partition coefficient (Wildman–Crippen LogP) is 2.96. The van der Waals surface area contributed by atoms with Crippen molar-refractivity contribution in [2.24, 2.45) is 0 Å². The molecule has 0 saturated heterocycles. The molecule has 8 nitrogen and oxygen atoms in total. The first kappa shape index (κ1) is 20.3. The summed E-state index contributed by atoms with van der Waals surface area (Å²) in [5.74, 6) is 1.37. The van der Waals surface area contributed by atoms with Crippen LogP contribution in [-0.2, 0) is 11.2 Å². The third-order valence-corrected chi connectivity index (χ3v) is 6.03. The molecular weight excluding hydrogens is 388 g/mol. The lowest BCUT2D eigenvalue weighted by Gasteiger charge is -2.35. The van der Waals surface area contributed by atoms with E-state index >= 15 is 0 Å². The number of H-pyrrole nitrogens is 1. The first-order chi connectivity index (χ1) is 14.4. The zero-order valence-corrected chi connectivity index (χ0v) is 17.9. The highest BCUT2D eigenvalue weighted by Crippen LogP contribution is 2.50. The van der Waals surface area contributed by atoms with Crippen LogP contribution in [0.15, 0.2) is 6.07 Å². The number of nitrogens with zero attached hydrogens (tertiary/aromatic N) is 1. The summed E-state index contributed by atoms with van der Waals surface area (Å²) in [4.78, 5) is 30.6. The molecule has 2 aromatic rings. The Kier molecular flexibility index (Phi) is 5.19. The highest BCUT2D eigenvalue weighted by molar-refractivity contribution is 6.01. The van der Waals surface area contributed by atoms with Gasteiger partial charge < -0.3 is 23.9 Å². The van der Waals surface area contributed by atoms with E-state index in [-0.39, 0.29) is 25.0 Å². The van der Waals surface area contributed by atoms with E-state index in [1.165, 1.54) is 7.11 Å². The molecule has 4 rings (SSSR count). The number of methoxy groups -OCH3 is 2. The molecule has 0 unspecified atom stereocenters. The molecule has 2 aliphatic rings. The summed E-state index contributed by atoms with van der Waals surface area (Å²) >= 11 is 0. The van der Waals surface area contributed by atoms with Crippen molar-refractivity contribution in [2.75, 3.05) is 34.6 Å². The number of ether oxygens (including phenoxy) is 4. The van der Waals surface area contributed by atoms with Gasteiger partial charge in [-0.2, -0.15) is 0 Å². The molecule has 0 radical (unpaired) electrons. The summed E-state index contributed by atoms with van der Waals surface area (Å²) in [6, 6.07) is 1.81. The molecule has 0 aliphatic carbocycles. The number of aromatic amines is 1. The number of aryl methyl sites for hydroxylation is 1. The van der Waals surface area contributed by atoms with Crippen molar-refractivity contribution in [2.45, 2.75) is 32.7 Å². The zero-order valence-electron chi connectivity index (χ0n) is 17.9. The average molecular weight is 414 g/mol. The number of hydrogen-bond donors (Lipinski definition) is 1. The Labute approximate surface area is 175 Å². The maximum absolute atomic E-state index is 13.3. The third kappa shape index (κ3) is 3.11. The van der Waals surface area contributed by atoms with Crippen LogP contribution >= 0.6 is 0 Å². The van der Waals surface area contributed by atoms with Gasteiger partial charge in [0.1, 0.15) is 0 Å². The second-order valence-corrected chi connectivity index (χ2v) is 7.71. The number of carbonyl (C=O) groups excluding carboxylic acids is 2. The van der Waals surface area contributed by atoms with Gasteiger partial charge in [-0.05, 0) is 44.5 Å². The van der Waals surface area contributed by atoms with Crippen molar-refractivity contribution in [1.82, 2.24) is 9.88 Å². The van der Waals surface area contributed by atoms with Gasteiger partial charge in [0.25, 0.3) is 0 Å². The molecule has 30 heavy (non-hydrogen) atoms. The minimum absolute atomic E-state index is 0.0739. The molecule has 0 saturated carbocycles. The minimum atomic E-state index is -0.449. The topological polar surface area (TPSA) is 90.1 Å². The fourth-order valence-electron chi connectivity index (χ4n) is 4.50. The molecule has 2 aliphatic heterocycles. The fourth-order valence-corrected chi connectivity index (χ4v) is 4.50. The third-order valence-electron chi connectivity index (χ3n) is 6.03. The van der Waals surface area contributed by atoms with E-state index in [9.17, 15) is 9.59 Å². The van der Waals surface area contributed by atoms with Gasteiger partial charge in [-0.3, -0.25) is 9.69 Å². The summed E-state index contributed by atoms with van der Waals surface area (Å²) in [7, 11) is 4.93. The molecule has 0 amide bonds. The molecule has 0 spiro atoms.